The zero-order valence-electron chi connectivity index (χ0n) is 10.6. The lowest BCUT2D eigenvalue weighted by Crippen LogP contribution is -1.90. The second kappa shape index (κ2) is 6.76. The molecule has 4 heteroatoms. The van der Waals surface area contributed by atoms with Gasteiger partial charge in [0.1, 0.15) is 0 Å². The molecular weight excluding hydrogens is 268 g/mol. The van der Waals surface area contributed by atoms with E-state index in [1.54, 1.807) is 12.1 Å². The van der Waals surface area contributed by atoms with E-state index in [9.17, 15) is 8.42 Å². The van der Waals surface area contributed by atoms with Crippen LogP contribution in [0, 0.1) is 0 Å². The summed E-state index contributed by atoms with van der Waals surface area (Å²) in [7, 11) is 1.64. The maximum atomic E-state index is 11.1. The Labute approximate surface area is 113 Å². The van der Waals surface area contributed by atoms with Gasteiger partial charge in [0, 0.05) is 10.7 Å². The van der Waals surface area contributed by atoms with E-state index in [2.05, 4.69) is 26.0 Å². The summed E-state index contributed by atoms with van der Waals surface area (Å²) in [4.78, 5) is 0.128. The molecule has 0 N–H and O–H groups in total. The zero-order valence-corrected chi connectivity index (χ0v) is 12.1. The lowest BCUT2D eigenvalue weighted by Gasteiger charge is -2.04. The summed E-state index contributed by atoms with van der Waals surface area (Å²) >= 11 is 0. The Morgan fingerprint density at radius 1 is 1.17 bits per heavy atom. The molecule has 98 valence electrons. The first-order valence-corrected chi connectivity index (χ1v) is 8.21. The molecule has 0 spiro atoms. The Bertz CT molecular complexity index is 540. The van der Waals surface area contributed by atoms with Crippen molar-refractivity contribution in [1.82, 2.24) is 0 Å². The predicted octanol–water partition coefficient (Wildman–Crippen LogP) is 4.37. The van der Waals surface area contributed by atoms with Crippen molar-refractivity contribution in [2.75, 3.05) is 0 Å². The van der Waals surface area contributed by atoms with Crippen LogP contribution >= 0.6 is 10.7 Å². The highest BCUT2D eigenvalue weighted by molar-refractivity contribution is 8.13. The third-order valence-corrected chi connectivity index (χ3v) is 3.80. The maximum absolute atomic E-state index is 11.1. The van der Waals surface area contributed by atoms with Gasteiger partial charge in [-0.3, -0.25) is 0 Å². The van der Waals surface area contributed by atoms with Gasteiger partial charge in [-0.2, -0.15) is 0 Å². The Hall–Kier alpha value is -1.06. The summed E-state index contributed by atoms with van der Waals surface area (Å²) < 4.78 is 22.3. The molecule has 2 nitrogen and oxygen atoms in total. The topological polar surface area (TPSA) is 34.1 Å². The molecule has 1 aromatic rings. The van der Waals surface area contributed by atoms with E-state index in [-0.39, 0.29) is 4.90 Å². The van der Waals surface area contributed by atoms with Crippen molar-refractivity contribution < 1.29 is 8.42 Å². The highest BCUT2D eigenvalue weighted by Crippen LogP contribution is 2.21. The van der Waals surface area contributed by atoms with Gasteiger partial charge in [0.2, 0.25) is 0 Å². The average Bonchev–Trinajstić information content (AvgIpc) is 2.33. The second-order valence-electron chi connectivity index (χ2n) is 3.84. The number of allylic oxidation sites excluding steroid dienone is 4. The van der Waals surface area contributed by atoms with Crippen LogP contribution in [0.15, 0.2) is 47.4 Å². The van der Waals surface area contributed by atoms with Crippen LogP contribution in [0.2, 0.25) is 0 Å². The number of hydrogen-bond donors (Lipinski definition) is 0. The van der Waals surface area contributed by atoms with Crippen LogP contribution in [-0.2, 0) is 9.05 Å². The zero-order chi connectivity index (χ0) is 13.6. The molecule has 1 aromatic carbocycles. The number of hydrogen-bond acceptors (Lipinski definition) is 2. The van der Waals surface area contributed by atoms with Gasteiger partial charge in [0.15, 0.2) is 0 Å². The number of benzene rings is 1. The van der Waals surface area contributed by atoms with Crippen LogP contribution < -0.4 is 0 Å². The third kappa shape index (κ3) is 4.31. The van der Waals surface area contributed by atoms with Gasteiger partial charge in [0.05, 0.1) is 4.90 Å². The summed E-state index contributed by atoms with van der Waals surface area (Å²) in [6.07, 6.45) is 8.13. The van der Waals surface area contributed by atoms with Crippen molar-refractivity contribution in [2.24, 2.45) is 0 Å². The van der Waals surface area contributed by atoms with Gasteiger partial charge in [-0.15, -0.1) is 0 Å². The van der Waals surface area contributed by atoms with E-state index >= 15 is 0 Å². The van der Waals surface area contributed by atoms with Gasteiger partial charge in [0.25, 0.3) is 9.05 Å². The fraction of sp³-hybridized carbons (Fsp3) is 0.286. The summed E-state index contributed by atoms with van der Waals surface area (Å²) in [5, 5.41) is 0. The molecule has 0 heterocycles. The highest BCUT2D eigenvalue weighted by Gasteiger charge is 2.09. The fourth-order valence-corrected chi connectivity index (χ4v) is 2.33. The van der Waals surface area contributed by atoms with E-state index in [0.29, 0.717) is 0 Å². The molecule has 0 aliphatic heterocycles. The third-order valence-electron chi connectivity index (χ3n) is 2.43. The van der Waals surface area contributed by atoms with E-state index < -0.39 is 9.05 Å². The Balaban J connectivity index is 3.09. The summed E-state index contributed by atoms with van der Waals surface area (Å²) in [5.41, 5.74) is 2.09. The van der Waals surface area contributed by atoms with Crippen LogP contribution in [-0.4, -0.2) is 8.42 Å². The maximum Gasteiger partial charge on any atom is 0.261 e. The Kier molecular flexibility index (Phi) is 5.63. The van der Waals surface area contributed by atoms with E-state index in [1.165, 1.54) is 12.1 Å². The minimum atomic E-state index is -3.64. The van der Waals surface area contributed by atoms with Crippen LogP contribution in [0.25, 0.3) is 5.57 Å². The van der Waals surface area contributed by atoms with E-state index in [4.69, 9.17) is 10.7 Å². The molecule has 0 radical (unpaired) electrons. The van der Waals surface area contributed by atoms with Crippen LogP contribution in [0.5, 0.6) is 0 Å². The summed E-state index contributed by atoms with van der Waals surface area (Å²) in [5.74, 6) is 0. The highest BCUT2D eigenvalue weighted by atomic mass is 35.7. The first-order valence-electron chi connectivity index (χ1n) is 5.90. The smallest absolute Gasteiger partial charge is 0.207 e. The van der Waals surface area contributed by atoms with Gasteiger partial charge in [-0.25, -0.2) is 8.42 Å². The quantitative estimate of drug-likeness (QED) is 0.594. The molecule has 0 bridgehead atoms. The first kappa shape index (κ1) is 15.0. The van der Waals surface area contributed by atoms with E-state index in [0.717, 1.165) is 24.0 Å². The van der Waals surface area contributed by atoms with Gasteiger partial charge in [-0.05, 0) is 36.1 Å². The Morgan fingerprint density at radius 3 is 2.22 bits per heavy atom. The standard InChI is InChI=1S/C14H17ClO2S/c1-3-5-7-12(6-4-2)13-8-10-14(11-9-13)18(15,16)17/h5-11H,3-4H2,1-2H3/b7-5-,12-6+. The molecule has 0 saturated carbocycles. The molecule has 18 heavy (non-hydrogen) atoms. The van der Waals surface area contributed by atoms with Gasteiger partial charge >= 0.3 is 0 Å². The monoisotopic (exact) mass is 284 g/mol. The summed E-state index contributed by atoms with van der Waals surface area (Å²) in [6.45, 7) is 4.14. The lowest BCUT2D eigenvalue weighted by atomic mass is 10.0. The predicted molar refractivity (Wildman–Crippen MR) is 77.2 cm³/mol. The first-order chi connectivity index (χ1) is 8.49. The SMILES string of the molecule is CC/C=C\C(=C/CC)c1ccc(S(=O)(=O)Cl)cc1. The lowest BCUT2D eigenvalue weighted by molar-refractivity contribution is 0.609. The van der Waals surface area contributed by atoms with Gasteiger partial charge in [-0.1, -0.05) is 44.2 Å². The molecule has 0 aliphatic carbocycles. The van der Waals surface area contributed by atoms with E-state index in [1.807, 2.05) is 6.08 Å². The van der Waals surface area contributed by atoms with Gasteiger partial charge < -0.3 is 0 Å². The molecular formula is C14H17ClO2S. The second-order valence-corrected chi connectivity index (χ2v) is 6.41. The molecule has 0 atom stereocenters. The molecule has 0 aromatic heterocycles. The molecule has 1 rings (SSSR count). The number of rotatable bonds is 5. The molecule has 0 aliphatic rings. The molecule has 0 amide bonds. The molecule has 0 saturated heterocycles. The largest absolute Gasteiger partial charge is 0.261 e. The van der Waals surface area contributed by atoms with Crippen molar-refractivity contribution in [1.29, 1.82) is 0 Å². The molecule has 0 fully saturated rings. The van der Waals surface area contributed by atoms with Crippen LogP contribution in [0.1, 0.15) is 32.3 Å². The van der Waals surface area contributed by atoms with Crippen LogP contribution in [0.4, 0.5) is 0 Å². The van der Waals surface area contributed by atoms with Crippen molar-refractivity contribution in [3.63, 3.8) is 0 Å². The average molecular weight is 285 g/mol. The summed E-state index contributed by atoms with van der Waals surface area (Å²) in [6, 6.07) is 6.61. The van der Waals surface area contributed by atoms with Crippen molar-refractivity contribution in [2.45, 2.75) is 31.6 Å². The van der Waals surface area contributed by atoms with Crippen molar-refractivity contribution >= 4 is 25.3 Å². The fourth-order valence-electron chi connectivity index (χ4n) is 1.56. The minimum Gasteiger partial charge on any atom is -0.207 e. The van der Waals surface area contributed by atoms with Crippen molar-refractivity contribution in [3.8, 4) is 0 Å². The van der Waals surface area contributed by atoms with Crippen molar-refractivity contribution in [3.05, 3.63) is 48.1 Å². The Morgan fingerprint density at radius 2 is 1.78 bits per heavy atom. The van der Waals surface area contributed by atoms with Crippen LogP contribution in [0.3, 0.4) is 0 Å². The number of halogens is 1. The normalized spacial score (nSPS) is 13.2. The minimum absolute atomic E-state index is 0.128. The molecule has 0 unspecified atom stereocenters.